The topological polar surface area (TPSA) is 52.3 Å². The fraction of sp³-hybridized carbons (Fsp3) is 0.0833. The van der Waals surface area contributed by atoms with Crippen LogP contribution in [0.3, 0.4) is 0 Å². The van der Waals surface area contributed by atoms with E-state index in [-0.39, 0.29) is 17.9 Å². The molecule has 0 aliphatic carbocycles. The number of anilines is 1. The van der Waals surface area contributed by atoms with E-state index in [0.717, 1.165) is 9.35 Å². The van der Waals surface area contributed by atoms with Gasteiger partial charge in [0.1, 0.15) is 6.61 Å². The summed E-state index contributed by atoms with van der Waals surface area (Å²) in [6, 6.07) is 6.79. The highest BCUT2D eigenvalue weighted by molar-refractivity contribution is 9.10. The summed E-state index contributed by atoms with van der Waals surface area (Å²) in [4.78, 5) is 12.8. The van der Waals surface area contributed by atoms with E-state index in [1.54, 1.807) is 18.2 Å². The normalized spacial score (nSPS) is 10.3. The summed E-state index contributed by atoms with van der Waals surface area (Å²) in [6.07, 6.45) is 0. The van der Waals surface area contributed by atoms with E-state index in [9.17, 15) is 4.79 Å². The molecule has 18 heavy (non-hydrogen) atoms. The van der Waals surface area contributed by atoms with Crippen LogP contribution in [0.25, 0.3) is 0 Å². The van der Waals surface area contributed by atoms with Crippen LogP contribution < -0.4 is 5.73 Å². The summed E-state index contributed by atoms with van der Waals surface area (Å²) in [5.74, 6) is -0.477. The molecule has 0 radical (unpaired) electrons. The zero-order valence-electron chi connectivity index (χ0n) is 9.15. The number of halogens is 2. The number of benzene rings is 1. The number of carbonyl (C=O) groups is 1. The molecular weight excluding hydrogens is 338 g/mol. The molecule has 0 amide bonds. The molecule has 0 atom stereocenters. The van der Waals surface area contributed by atoms with Gasteiger partial charge in [-0.25, -0.2) is 4.79 Å². The molecule has 3 nitrogen and oxygen atoms in total. The first-order chi connectivity index (χ1) is 8.59. The van der Waals surface area contributed by atoms with E-state index < -0.39 is 5.97 Å². The summed E-state index contributed by atoms with van der Waals surface area (Å²) in [5.41, 5.74) is 6.25. The lowest BCUT2D eigenvalue weighted by Gasteiger charge is -2.07. The van der Waals surface area contributed by atoms with Crippen LogP contribution >= 0.6 is 38.9 Å². The van der Waals surface area contributed by atoms with Gasteiger partial charge in [-0.1, -0.05) is 17.7 Å². The van der Waals surface area contributed by atoms with Crippen LogP contribution in [0.15, 0.2) is 34.1 Å². The number of thiophene rings is 1. The van der Waals surface area contributed by atoms with Crippen molar-refractivity contribution >= 4 is 50.5 Å². The molecule has 0 aliphatic heterocycles. The lowest BCUT2D eigenvalue weighted by atomic mass is 10.2. The third-order valence-corrected chi connectivity index (χ3v) is 4.53. The van der Waals surface area contributed by atoms with Crippen LogP contribution in [0.1, 0.15) is 15.2 Å². The Morgan fingerprint density at radius 2 is 2.22 bits per heavy atom. The molecule has 2 N–H and O–H groups in total. The van der Waals surface area contributed by atoms with Crippen molar-refractivity contribution in [3.63, 3.8) is 0 Å². The third-order valence-electron chi connectivity index (χ3n) is 2.30. The lowest BCUT2D eigenvalue weighted by molar-refractivity contribution is 0.0477. The van der Waals surface area contributed by atoms with Crippen molar-refractivity contribution in [1.82, 2.24) is 0 Å². The number of esters is 1. The molecule has 1 aromatic heterocycles. The number of para-hydroxylation sites is 1. The number of rotatable bonds is 3. The summed E-state index contributed by atoms with van der Waals surface area (Å²) >= 11 is 10.7. The smallest absolute Gasteiger partial charge is 0.340 e. The maximum Gasteiger partial charge on any atom is 0.340 e. The predicted molar refractivity (Wildman–Crippen MR) is 77.0 cm³/mol. The molecule has 94 valence electrons. The SMILES string of the molecule is Nc1c(Cl)cccc1C(=O)OCc1sccc1Br. The predicted octanol–water partition coefficient (Wildman–Crippen LogP) is 4.10. The zero-order chi connectivity index (χ0) is 13.1. The van der Waals surface area contributed by atoms with Crippen LogP contribution in [0, 0.1) is 0 Å². The van der Waals surface area contributed by atoms with Crippen molar-refractivity contribution in [2.24, 2.45) is 0 Å². The average Bonchev–Trinajstić information content (AvgIpc) is 2.75. The molecule has 0 aliphatic rings. The monoisotopic (exact) mass is 345 g/mol. The van der Waals surface area contributed by atoms with Gasteiger partial charge in [0.25, 0.3) is 0 Å². The Morgan fingerprint density at radius 1 is 1.44 bits per heavy atom. The highest BCUT2D eigenvalue weighted by Crippen LogP contribution is 2.26. The van der Waals surface area contributed by atoms with Crippen molar-refractivity contribution in [2.75, 3.05) is 5.73 Å². The largest absolute Gasteiger partial charge is 0.456 e. The molecular formula is C12H9BrClNO2S. The minimum Gasteiger partial charge on any atom is -0.456 e. The highest BCUT2D eigenvalue weighted by atomic mass is 79.9. The number of hydrogen-bond donors (Lipinski definition) is 1. The van der Waals surface area contributed by atoms with Crippen molar-refractivity contribution in [2.45, 2.75) is 6.61 Å². The van der Waals surface area contributed by atoms with Gasteiger partial charge in [-0.15, -0.1) is 11.3 Å². The van der Waals surface area contributed by atoms with Crippen LogP contribution in [0.2, 0.25) is 5.02 Å². The van der Waals surface area contributed by atoms with E-state index in [1.165, 1.54) is 11.3 Å². The molecule has 1 heterocycles. The van der Waals surface area contributed by atoms with E-state index in [0.29, 0.717) is 5.02 Å². The second-order valence-electron chi connectivity index (χ2n) is 3.47. The quantitative estimate of drug-likeness (QED) is 0.672. The van der Waals surface area contributed by atoms with Crippen molar-refractivity contribution in [3.8, 4) is 0 Å². The molecule has 0 unspecified atom stereocenters. The average molecular weight is 347 g/mol. The fourth-order valence-corrected chi connectivity index (χ4v) is 2.90. The van der Waals surface area contributed by atoms with Gasteiger partial charge in [0.2, 0.25) is 0 Å². The molecule has 1 aromatic carbocycles. The summed E-state index contributed by atoms with van der Waals surface area (Å²) in [6.45, 7) is 0.211. The van der Waals surface area contributed by atoms with E-state index >= 15 is 0 Å². The number of nitrogens with two attached hydrogens (primary N) is 1. The minimum atomic E-state index is -0.477. The summed E-state index contributed by atoms with van der Waals surface area (Å²) in [7, 11) is 0. The number of carbonyl (C=O) groups excluding carboxylic acids is 1. The first-order valence-corrected chi connectivity index (χ1v) is 7.07. The Labute approximate surface area is 122 Å². The molecule has 0 saturated carbocycles. The summed E-state index contributed by atoms with van der Waals surface area (Å²) in [5, 5.41) is 2.27. The third kappa shape index (κ3) is 2.85. The van der Waals surface area contributed by atoms with Gasteiger partial charge in [-0.2, -0.15) is 0 Å². The van der Waals surface area contributed by atoms with Gasteiger partial charge in [-0.05, 0) is 39.5 Å². The Bertz CT molecular complexity index is 585. The van der Waals surface area contributed by atoms with Crippen LogP contribution in [0.5, 0.6) is 0 Å². The zero-order valence-corrected chi connectivity index (χ0v) is 12.3. The van der Waals surface area contributed by atoms with Gasteiger partial charge in [0, 0.05) is 4.47 Å². The maximum absolute atomic E-state index is 11.9. The molecule has 0 fully saturated rings. The second kappa shape index (κ2) is 5.73. The van der Waals surface area contributed by atoms with Gasteiger partial charge in [0.05, 0.1) is 21.2 Å². The maximum atomic E-state index is 11.9. The molecule has 0 bridgehead atoms. The Kier molecular flexibility index (Phi) is 4.27. The van der Waals surface area contributed by atoms with Gasteiger partial charge in [-0.3, -0.25) is 0 Å². The first kappa shape index (κ1) is 13.4. The minimum absolute atomic E-state index is 0.211. The fourth-order valence-electron chi connectivity index (χ4n) is 1.35. The molecule has 6 heteroatoms. The van der Waals surface area contributed by atoms with E-state index in [1.807, 2.05) is 11.4 Å². The Hall–Kier alpha value is -1.04. The molecule has 0 spiro atoms. The standard InChI is InChI=1S/C12H9BrClNO2S/c13-8-4-5-18-10(8)6-17-12(16)7-2-1-3-9(14)11(7)15/h1-5H,6,15H2. The number of ether oxygens (including phenoxy) is 1. The second-order valence-corrected chi connectivity index (χ2v) is 5.73. The molecule has 0 saturated heterocycles. The molecule has 2 aromatic rings. The van der Waals surface area contributed by atoms with Crippen molar-refractivity contribution in [1.29, 1.82) is 0 Å². The van der Waals surface area contributed by atoms with Gasteiger partial charge >= 0.3 is 5.97 Å². The van der Waals surface area contributed by atoms with Crippen molar-refractivity contribution in [3.05, 3.63) is 49.6 Å². The van der Waals surface area contributed by atoms with Gasteiger partial charge < -0.3 is 10.5 Å². The van der Waals surface area contributed by atoms with Crippen LogP contribution in [0.4, 0.5) is 5.69 Å². The summed E-state index contributed by atoms with van der Waals surface area (Å²) < 4.78 is 6.12. The number of hydrogen-bond acceptors (Lipinski definition) is 4. The Balaban J connectivity index is 2.09. The molecule has 2 rings (SSSR count). The van der Waals surface area contributed by atoms with Crippen molar-refractivity contribution < 1.29 is 9.53 Å². The number of nitrogen functional groups attached to an aromatic ring is 1. The Morgan fingerprint density at radius 3 is 2.89 bits per heavy atom. The van der Waals surface area contributed by atoms with Gasteiger partial charge in [0.15, 0.2) is 0 Å². The first-order valence-electron chi connectivity index (χ1n) is 5.02. The highest BCUT2D eigenvalue weighted by Gasteiger charge is 2.14. The van der Waals surface area contributed by atoms with E-state index in [4.69, 9.17) is 22.1 Å². The lowest BCUT2D eigenvalue weighted by Crippen LogP contribution is -2.08. The van der Waals surface area contributed by atoms with Crippen LogP contribution in [-0.2, 0) is 11.3 Å². The van der Waals surface area contributed by atoms with E-state index in [2.05, 4.69) is 15.9 Å². The van der Waals surface area contributed by atoms with Crippen LogP contribution in [-0.4, -0.2) is 5.97 Å².